The number of hydrogen-bond donors (Lipinski definition) is 1. The van der Waals surface area contributed by atoms with Gasteiger partial charge in [-0.15, -0.1) is 0 Å². The molecule has 1 rings (SSSR count). The van der Waals surface area contributed by atoms with E-state index in [0.29, 0.717) is 18.6 Å². The molecule has 0 heterocycles. The zero-order valence-corrected chi connectivity index (χ0v) is 12.6. The van der Waals surface area contributed by atoms with Gasteiger partial charge in [-0.05, 0) is 31.0 Å². The summed E-state index contributed by atoms with van der Waals surface area (Å²) >= 11 is 0. The molecule has 0 aliphatic rings. The zero-order chi connectivity index (χ0) is 17.8. The van der Waals surface area contributed by atoms with E-state index in [1.807, 2.05) is 0 Å². The normalized spacial score (nSPS) is 14.2. The van der Waals surface area contributed by atoms with E-state index in [4.69, 9.17) is 5.11 Å². The number of aliphatic carboxylic acids is 1. The Morgan fingerprint density at radius 1 is 1.22 bits per heavy atom. The van der Waals surface area contributed by atoms with Gasteiger partial charge in [0.15, 0.2) is 0 Å². The third-order valence-corrected chi connectivity index (χ3v) is 3.46. The van der Waals surface area contributed by atoms with Gasteiger partial charge in [0, 0.05) is 6.04 Å². The highest BCUT2D eigenvalue weighted by molar-refractivity contribution is 5.85. The van der Waals surface area contributed by atoms with Crippen LogP contribution in [-0.4, -0.2) is 34.5 Å². The molecule has 0 spiro atoms. The standard InChI is InChI=1S/C15H17F4NO3/c1-3-9(2)20(8-12(21)22)14(23)13(16)10-4-6-11(7-5-10)15(17,18)19/h4-7,9,13H,3,8H2,1-2H3,(H,21,22). The largest absolute Gasteiger partial charge is 0.480 e. The summed E-state index contributed by atoms with van der Waals surface area (Å²) in [7, 11) is 0. The highest BCUT2D eigenvalue weighted by Gasteiger charge is 2.32. The molecule has 8 heteroatoms. The highest BCUT2D eigenvalue weighted by atomic mass is 19.4. The first-order valence-electron chi connectivity index (χ1n) is 6.91. The fourth-order valence-corrected chi connectivity index (χ4v) is 1.95. The molecule has 0 aromatic heterocycles. The maximum atomic E-state index is 14.3. The van der Waals surface area contributed by atoms with Crippen molar-refractivity contribution in [3.8, 4) is 0 Å². The van der Waals surface area contributed by atoms with Crippen molar-refractivity contribution in [1.82, 2.24) is 4.90 Å². The van der Waals surface area contributed by atoms with E-state index in [1.54, 1.807) is 13.8 Å². The number of alkyl halides is 4. The van der Waals surface area contributed by atoms with Gasteiger partial charge in [-0.25, -0.2) is 4.39 Å². The molecule has 2 unspecified atom stereocenters. The molecule has 0 aliphatic heterocycles. The monoisotopic (exact) mass is 335 g/mol. The van der Waals surface area contributed by atoms with E-state index < -0.39 is 42.4 Å². The van der Waals surface area contributed by atoms with E-state index in [-0.39, 0.29) is 5.56 Å². The van der Waals surface area contributed by atoms with E-state index in [0.717, 1.165) is 17.0 Å². The number of benzene rings is 1. The third-order valence-electron chi connectivity index (χ3n) is 3.46. The molecule has 0 bridgehead atoms. The van der Waals surface area contributed by atoms with Crippen LogP contribution in [0.5, 0.6) is 0 Å². The van der Waals surface area contributed by atoms with Crippen LogP contribution in [0.1, 0.15) is 37.6 Å². The summed E-state index contributed by atoms with van der Waals surface area (Å²) in [6, 6.07) is 2.60. The van der Waals surface area contributed by atoms with Gasteiger partial charge in [0.2, 0.25) is 6.17 Å². The van der Waals surface area contributed by atoms with Gasteiger partial charge in [0.1, 0.15) is 6.54 Å². The number of carbonyl (C=O) groups excluding carboxylic acids is 1. The van der Waals surface area contributed by atoms with Gasteiger partial charge in [-0.3, -0.25) is 9.59 Å². The van der Waals surface area contributed by atoms with Crippen LogP contribution in [-0.2, 0) is 15.8 Å². The molecule has 0 aliphatic carbocycles. The van der Waals surface area contributed by atoms with Crippen LogP contribution >= 0.6 is 0 Å². The summed E-state index contributed by atoms with van der Waals surface area (Å²) in [6.45, 7) is 2.60. The average Bonchev–Trinajstić information content (AvgIpc) is 2.49. The van der Waals surface area contributed by atoms with E-state index in [1.165, 1.54) is 0 Å². The number of carboxylic acids is 1. The van der Waals surface area contributed by atoms with Crippen LogP contribution < -0.4 is 0 Å². The summed E-state index contributed by atoms with van der Waals surface area (Å²) in [5, 5.41) is 8.81. The number of halogens is 4. The van der Waals surface area contributed by atoms with Crippen molar-refractivity contribution < 1.29 is 32.3 Å². The van der Waals surface area contributed by atoms with Crippen molar-refractivity contribution in [3.05, 3.63) is 35.4 Å². The number of carboxylic acid groups (broad SMARTS) is 1. The van der Waals surface area contributed by atoms with Crippen LogP contribution in [0.15, 0.2) is 24.3 Å². The second-order valence-electron chi connectivity index (χ2n) is 5.10. The maximum Gasteiger partial charge on any atom is 0.416 e. The molecule has 1 amide bonds. The lowest BCUT2D eigenvalue weighted by Crippen LogP contribution is -2.43. The molecular formula is C15H17F4NO3. The number of carbonyl (C=O) groups is 2. The Kier molecular flexibility index (Phi) is 6.12. The van der Waals surface area contributed by atoms with Gasteiger partial charge in [0.05, 0.1) is 5.56 Å². The first-order chi connectivity index (χ1) is 10.6. The lowest BCUT2D eigenvalue weighted by molar-refractivity contribution is -0.148. The lowest BCUT2D eigenvalue weighted by Gasteiger charge is -2.28. The number of amides is 1. The average molecular weight is 335 g/mol. The Balaban J connectivity index is 2.99. The summed E-state index contributed by atoms with van der Waals surface area (Å²) in [5.41, 5.74) is -1.20. The van der Waals surface area contributed by atoms with Crippen LogP contribution in [0.2, 0.25) is 0 Å². The van der Waals surface area contributed by atoms with Gasteiger partial charge in [-0.1, -0.05) is 19.1 Å². The molecule has 1 aromatic rings. The number of hydrogen-bond acceptors (Lipinski definition) is 2. The SMILES string of the molecule is CCC(C)N(CC(=O)O)C(=O)C(F)c1ccc(C(F)(F)F)cc1. The van der Waals surface area contributed by atoms with E-state index in [9.17, 15) is 27.2 Å². The fraction of sp³-hybridized carbons (Fsp3) is 0.467. The maximum absolute atomic E-state index is 14.3. The second-order valence-corrected chi connectivity index (χ2v) is 5.10. The Hall–Kier alpha value is -2.12. The molecule has 23 heavy (non-hydrogen) atoms. The highest BCUT2D eigenvalue weighted by Crippen LogP contribution is 2.31. The molecule has 1 aromatic carbocycles. The Morgan fingerprint density at radius 3 is 2.13 bits per heavy atom. The minimum Gasteiger partial charge on any atom is -0.480 e. The molecule has 0 radical (unpaired) electrons. The molecule has 0 saturated carbocycles. The molecule has 0 saturated heterocycles. The lowest BCUT2D eigenvalue weighted by atomic mass is 10.1. The summed E-state index contributed by atoms with van der Waals surface area (Å²) < 4.78 is 51.7. The van der Waals surface area contributed by atoms with E-state index in [2.05, 4.69) is 0 Å². The smallest absolute Gasteiger partial charge is 0.416 e. The summed E-state index contributed by atoms with van der Waals surface area (Å²) in [5.74, 6) is -2.38. The molecule has 4 nitrogen and oxygen atoms in total. The first kappa shape index (κ1) is 18.9. The molecule has 2 atom stereocenters. The Labute approximate surface area is 130 Å². The van der Waals surface area contributed by atoms with Crippen LogP contribution in [0, 0.1) is 0 Å². The van der Waals surface area contributed by atoms with Crippen molar-refractivity contribution in [2.75, 3.05) is 6.54 Å². The second kappa shape index (κ2) is 7.43. The summed E-state index contributed by atoms with van der Waals surface area (Å²) in [6.07, 6.45) is -6.36. The Bertz CT molecular complexity index is 557. The van der Waals surface area contributed by atoms with Gasteiger partial charge < -0.3 is 10.0 Å². The summed E-state index contributed by atoms with van der Waals surface area (Å²) in [4.78, 5) is 23.8. The molecule has 128 valence electrons. The van der Waals surface area contributed by atoms with Crippen molar-refractivity contribution in [1.29, 1.82) is 0 Å². The minimum atomic E-state index is -4.56. The Morgan fingerprint density at radius 2 is 1.74 bits per heavy atom. The van der Waals surface area contributed by atoms with Crippen LogP contribution in [0.25, 0.3) is 0 Å². The topological polar surface area (TPSA) is 57.6 Å². The number of rotatable bonds is 6. The molecular weight excluding hydrogens is 318 g/mol. The van der Waals surface area contributed by atoms with Crippen molar-refractivity contribution in [3.63, 3.8) is 0 Å². The third kappa shape index (κ3) is 4.94. The zero-order valence-electron chi connectivity index (χ0n) is 12.6. The van der Waals surface area contributed by atoms with Gasteiger partial charge in [-0.2, -0.15) is 13.2 Å². The van der Waals surface area contributed by atoms with Gasteiger partial charge >= 0.3 is 12.1 Å². The predicted molar refractivity (Wildman–Crippen MR) is 74.4 cm³/mol. The van der Waals surface area contributed by atoms with Gasteiger partial charge in [0.25, 0.3) is 5.91 Å². The van der Waals surface area contributed by atoms with Crippen molar-refractivity contribution in [2.45, 2.75) is 38.7 Å². The van der Waals surface area contributed by atoms with E-state index >= 15 is 0 Å². The minimum absolute atomic E-state index is 0.248. The van der Waals surface area contributed by atoms with Crippen molar-refractivity contribution >= 4 is 11.9 Å². The van der Waals surface area contributed by atoms with Crippen LogP contribution in [0.4, 0.5) is 17.6 Å². The molecule has 1 N–H and O–H groups in total. The quantitative estimate of drug-likeness (QED) is 0.811. The number of nitrogens with zero attached hydrogens (tertiary/aromatic N) is 1. The fourth-order valence-electron chi connectivity index (χ4n) is 1.95. The van der Waals surface area contributed by atoms with Crippen LogP contribution in [0.3, 0.4) is 0 Å². The molecule has 0 fully saturated rings. The first-order valence-corrected chi connectivity index (χ1v) is 6.91. The van der Waals surface area contributed by atoms with Crippen molar-refractivity contribution in [2.24, 2.45) is 0 Å². The predicted octanol–water partition coefficient (Wildman–Crippen LogP) is 3.43.